The predicted octanol–water partition coefficient (Wildman–Crippen LogP) is 1.24. The van der Waals surface area contributed by atoms with Gasteiger partial charge in [0.05, 0.1) is 0 Å². The average Bonchev–Trinajstić information content (AvgIpc) is 2.77. The van der Waals surface area contributed by atoms with Gasteiger partial charge in [-0.05, 0) is 18.8 Å². The summed E-state index contributed by atoms with van der Waals surface area (Å²) in [7, 11) is 0. The lowest BCUT2D eigenvalue weighted by Gasteiger charge is -2.32. The molecule has 1 amide bonds. The zero-order valence-electron chi connectivity index (χ0n) is 10.0. The van der Waals surface area contributed by atoms with Crippen LogP contribution in [0.3, 0.4) is 0 Å². The van der Waals surface area contributed by atoms with Crippen molar-refractivity contribution in [3.63, 3.8) is 0 Å². The minimum Gasteiger partial charge on any atom is -0.338 e. The summed E-state index contributed by atoms with van der Waals surface area (Å²) < 4.78 is 0. The number of rotatable bonds is 2. The Hall–Kier alpha value is -0.570. The molecule has 0 aromatic rings. The summed E-state index contributed by atoms with van der Waals surface area (Å²) >= 11 is 0. The van der Waals surface area contributed by atoms with Gasteiger partial charge in [0.2, 0.25) is 5.91 Å². The first-order valence-electron chi connectivity index (χ1n) is 6.08. The molecule has 15 heavy (non-hydrogen) atoms. The van der Waals surface area contributed by atoms with Crippen LogP contribution in [0.5, 0.6) is 0 Å². The van der Waals surface area contributed by atoms with Crippen molar-refractivity contribution in [2.45, 2.75) is 39.7 Å². The van der Waals surface area contributed by atoms with Gasteiger partial charge < -0.3 is 10.2 Å². The molecule has 3 nitrogen and oxygen atoms in total. The highest BCUT2D eigenvalue weighted by Crippen LogP contribution is 2.32. The molecule has 0 unspecified atom stereocenters. The highest BCUT2D eigenvalue weighted by atomic mass is 16.2. The molecule has 0 aromatic carbocycles. The topological polar surface area (TPSA) is 32.3 Å². The van der Waals surface area contributed by atoms with Crippen LogP contribution in [0, 0.1) is 11.3 Å². The number of carbonyl (C=O) groups excluding carboxylic acids is 1. The maximum absolute atomic E-state index is 12.3. The molecule has 2 fully saturated rings. The molecule has 0 saturated carbocycles. The number of nitrogens with zero attached hydrogens (tertiary/aromatic N) is 1. The number of hydrogen-bond donors (Lipinski definition) is 1. The fourth-order valence-electron chi connectivity index (χ4n) is 2.64. The highest BCUT2D eigenvalue weighted by Gasteiger charge is 2.43. The van der Waals surface area contributed by atoms with Crippen molar-refractivity contribution in [1.29, 1.82) is 0 Å². The molecule has 0 spiro atoms. The number of carbonyl (C=O) groups is 1. The second-order valence-corrected chi connectivity index (χ2v) is 5.51. The third-order valence-electron chi connectivity index (χ3n) is 4.17. The highest BCUT2D eigenvalue weighted by molar-refractivity contribution is 5.82. The standard InChI is InChI=1S/C12H22N2O/c1-4-12(2,3)11(15)14-6-5-9-7-13-8-10(9)14/h9-10,13H,4-8H2,1-3H3/t9-,10+/m0/s1. The van der Waals surface area contributed by atoms with Gasteiger partial charge in [0.1, 0.15) is 0 Å². The largest absolute Gasteiger partial charge is 0.338 e. The average molecular weight is 210 g/mol. The van der Waals surface area contributed by atoms with E-state index in [1.165, 1.54) is 6.42 Å². The lowest BCUT2D eigenvalue weighted by atomic mass is 9.88. The van der Waals surface area contributed by atoms with Crippen molar-refractivity contribution in [2.75, 3.05) is 19.6 Å². The van der Waals surface area contributed by atoms with Crippen LogP contribution in [0.2, 0.25) is 0 Å². The van der Waals surface area contributed by atoms with Gasteiger partial charge in [-0.1, -0.05) is 20.8 Å². The van der Waals surface area contributed by atoms with Crippen molar-refractivity contribution >= 4 is 5.91 Å². The number of likely N-dealkylation sites (tertiary alicyclic amines) is 1. The second kappa shape index (κ2) is 3.78. The second-order valence-electron chi connectivity index (χ2n) is 5.51. The maximum Gasteiger partial charge on any atom is 0.228 e. The third-order valence-corrected chi connectivity index (χ3v) is 4.17. The number of nitrogens with one attached hydrogen (secondary N) is 1. The van der Waals surface area contributed by atoms with Crippen LogP contribution in [0.25, 0.3) is 0 Å². The van der Waals surface area contributed by atoms with Gasteiger partial charge in [0.15, 0.2) is 0 Å². The van der Waals surface area contributed by atoms with Gasteiger partial charge in [0, 0.05) is 31.1 Å². The maximum atomic E-state index is 12.3. The SMILES string of the molecule is CCC(C)(C)C(=O)N1CC[C@H]2CNC[C@H]21. The molecule has 86 valence electrons. The Balaban J connectivity index is 2.08. The zero-order valence-corrected chi connectivity index (χ0v) is 10.0. The van der Waals surface area contributed by atoms with E-state index in [-0.39, 0.29) is 5.41 Å². The Kier molecular flexibility index (Phi) is 2.75. The summed E-state index contributed by atoms with van der Waals surface area (Å²) in [5.74, 6) is 1.06. The Morgan fingerprint density at radius 2 is 2.20 bits per heavy atom. The first kappa shape index (κ1) is 10.9. The lowest BCUT2D eigenvalue weighted by molar-refractivity contribution is -0.141. The van der Waals surface area contributed by atoms with Crippen molar-refractivity contribution in [3.05, 3.63) is 0 Å². The molecule has 0 aliphatic carbocycles. The summed E-state index contributed by atoms with van der Waals surface area (Å²) in [5, 5.41) is 3.38. The van der Waals surface area contributed by atoms with E-state index in [0.717, 1.165) is 26.1 Å². The Morgan fingerprint density at radius 3 is 2.87 bits per heavy atom. The molecule has 2 rings (SSSR count). The fourth-order valence-corrected chi connectivity index (χ4v) is 2.64. The van der Waals surface area contributed by atoms with Crippen LogP contribution >= 0.6 is 0 Å². The van der Waals surface area contributed by atoms with Gasteiger partial charge in [-0.15, -0.1) is 0 Å². The van der Waals surface area contributed by atoms with Gasteiger partial charge in [-0.25, -0.2) is 0 Å². The fraction of sp³-hybridized carbons (Fsp3) is 0.917. The van der Waals surface area contributed by atoms with E-state index in [1.807, 2.05) is 0 Å². The van der Waals surface area contributed by atoms with Crippen molar-refractivity contribution in [3.8, 4) is 0 Å². The molecular weight excluding hydrogens is 188 g/mol. The van der Waals surface area contributed by atoms with Gasteiger partial charge in [-0.2, -0.15) is 0 Å². The van der Waals surface area contributed by atoms with E-state index >= 15 is 0 Å². The Bertz CT molecular complexity index is 262. The molecule has 2 saturated heterocycles. The molecule has 0 radical (unpaired) electrons. The molecule has 2 aliphatic rings. The Morgan fingerprint density at radius 1 is 1.47 bits per heavy atom. The minimum absolute atomic E-state index is 0.183. The van der Waals surface area contributed by atoms with E-state index in [4.69, 9.17) is 0 Å². The number of hydrogen-bond acceptors (Lipinski definition) is 2. The summed E-state index contributed by atoms with van der Waals surface area (Å²) in [5.41, 5.74) is -0.183. The summed E-state index contributed by atoms with van der Waals surface area (Å²) in [6.45, 7) is 9.28. The van der Waals surface area contributed by atoms with E-state index in [9.17, 15) is 4.79 Å². The first-order valence-corrected chi connectivity index (χ1v) is 6.08. The van der Waals surface area contributed by atoms with Crippen LogP contribution in [0.4, 0.5) is 0 Å². The van der Waals surface area contributed by atoms with Crippen LogP contribution in [0.1, 0.15) is 33.6 Å². The third kappa shape index (κ3) is 1.78. The molecule has 2 heterocycles. The van der Waals surface area contributed by atoms with E-state index < -0.39 is 0 Å². The van der Waals surface area contributed by atoms with Gasteiger partial charge in [0.25, 0.3) is 0 Å². The lowest BCUT2D eigenvalue weighted by Crippen LogP contribution is -2.45. The molecule has 2 aliphatic heterocycles. The molecule has 0 aromatic heterocycles. The minimum atomic E-state index is -0.183. The monoisotopic (exact) mass is 210 g/mol. The van der Waals surface area contributed by atoms with Crippen LogP contribution in [-0.2, 0) is 4.79 Å². The van der Waals surface area contributed by atoms with Crippen molar-refractivity contribution in [1.82, 2.24) is 10.2 Å². The first-order chi connectivity index (χ1) is 7.06. The van der Waals surface area contributed by atoms with E-state index in [2.05, 4.69) is 31.0 Å². The summed E-state index contributed by atoms with van der Waals surface area (Å²) in [6, 6.07) is 0.475. The molecular formula is C12H22N2O. The summed E-state index contributed by atoms with van der Waals surface area (Å²) in [4.78, 5) is 14.5. The van der Waals surface area contributed by atoms with Crippen LogP contribution in [0.15, 0.2) is 0 Å². The van der Waals surface area contributed by atoms with Crippen LogP contribution in [-0.4, -0.2) is 36.5 Å². The van der Waals surface area contributed by atoms with Crippen LogP contribution < -0.4 is 5.32 Å². The summed E-state index contributed by atoms with van der Waals surface area (Å²) in [6.07, 6.45) is 2.11. The van der Waals surface area contributed by atoms with Gasteiger partial charge >= 0.3 is 0 Å². The van der Waals surface area contributed by atoms with Crippen molar-refractivity contribution in [2.24, 2.45) is 11.3 Å². The Labute approximate surface area is 92.2 Å². The molecule has 0 bridgehead atoms. The van der Waals surface area contributed by atoms with Crippen molar-refractivity contribution < 1.29 is 4.79 Å². The van der Waals surface area contributed by atoms with E-state index in [1.54, 1.807) is 0 Å². The van der Waals surface area contributed by atoms with E-state index in [0.29, 0.717) is 17.9 Å². The molecule has 2 atom stereocenters. The smallest absolute Gasteiger partial charge is 0.228 e. The zero-order chi connectivity index (χ0) is 11.1. The quantitative estimate of drug-likeness (QED) is 0.744. The normalized spacial score (nSPS) is 30.7. The molecule has 1 N–H and O–H groups in total. The predicted molar refractivity (Wildman–Crippen MR) is 60.5 cm³/mol. The van der Waals surface area contributed by atoms with Gasteiger partial charge in [-0.3, -0.25) is 4.79 Å². The number of amides is 1. The molecule has 3 heteroatoms. The number of fused-ring (bicyclic) bond motifs is 1.